The molecule has 2 atom stereocenters. The van der Waals surface area contributed by atoms with Gasteiger partial charge in [0.2, 0.25) is 5.91 Å². The standard InChI is InChI=1S/C23H29FN2O3/c1-4-17(3)25-23(28)20(5-2)26(15-18-11-7-6-8-12-18)22(27)16-29-21-14-10-9-13-19(21)24/h6-14,17,20H,4-5,15-16H2,1-3H3,(H,25,28)/t17-,20-/m1/s1. The van der Waals surface area contributed by atoms with Crippen molar-refractivity contribution >= 4 is 11.8 Å². The number of para-hydroxylation sites is 1. The van der Waals surface area contributed by atoms with Gasteiger partial charge in [0.25, 0.3) is 5.91 Å². The summed E-state index contributed by atoms with van der Waals surface area (Å²) >= 11 is 0. The molecule has 2 aromatic rings. The molecule has 156 valence electrons. The van der Waals surface area contributed by atoms with Crippen LogP contribution >= 0.6 is 0 Å². The number of nitrogens with zero attached hydrogens (tertiary/aromatic N) is 1. The Bertz CT molecular complexity index is 798. The predicted octanol–water partition coefficient (Wildman–Crippen LogP) is 3.93. The monoisotopic (exact) mass is 400 g/mol. The molecule has 0 heterocycles. The summed E-state index contributed by atoms with van der Waals surface area (Å²) in [5, 5.41) is 2.95. The van der Waals surface area contributed by atoms with E-state index in [4.69, 9.17) is 4.74 Å². The molecule has 29 heavy (non-hydrogen) atoms. The van der Waals surface area contributed by atoms with Crippen molar-refractivity contribution in [1.82, 2.24) is 10.2 Å². The van der Waals surface area contributed by atoms with Crippen LogP contribution in [0.1, 0.15) is 39.2 Å². The first-order valence-corrected chi connectivity index (χ1v) is 9.97. The van der Waals surface area contributed by atoms with E-state index >= 15 is 0 Å². The molecule has 0 aliphatic carbocycles. The molecule has 0 saturated carbocycles. The van der Waals surface area contributed by atoms with E-state index in [1.165, 1.54) is 17.0 Å². The third-order valence-corrected chi connectivity index (χ3v) is 4.77. The highest BCUT2D eigenvalue weighted by molar-refractivity contribution is 5.88. The Labute approximate surface area is 171 Å². The summed E-state index contributed by atoms with van der Waals surface area (Å²) < 4.78 is 19.2. The van der Waals surface area contributed by atoms with Crippen LogP contribution in [0.2, 0.25) is 0 Å². The number of ether oxygens (including phenoxy) is 1. The van der Waals surface area contributed by atoms with Gasteiger partial charge >= 0.3 is 0 Å². The molecule has 0 saturated heterocycles. The molecule has 0 aromatic heterocycles. The maximum Gasteiger partial charge on any atom is 0.261 e. The minimum Gasteiger partial charge on any atom is -0.481 e. The number of halogens is 1. The fraction of sp³-hybridized carbons (Fsp3) is 0.391. The van der Waals surface area contributed by atoms with E-state index in [2.05, 4.69) is 5.32 Å². The second-order valence-electron chi connectivity index (χ2n) is 6.97. The van der Waals surface area contributed by atoms with Gasteiger partial charge in [-0.25, -0.2) is 4.39 Å². The van der Waals surface area contributed by atoms with Crippen molar-refractivity contribution in [2.45, 2.75) is 52.2 Å². The number of nitrogens with one attached hydrogen (secondary N) is 1. The van der Waals surface area contributed by atoms with Gasteiger partial charge in [0.05, 0.1) is 0 Å². The van der Waals surface area contributed by atoms with Crippen LogP contribution in [0, 0.1) is 5.82 Å². The van der Waals surface area contributed by atoms with Gasteiger partial charge in [0.15, 0.2) is 18.2 Å². The SMILES string of the molecule is CC[C@@H](C)NC(=O)[C@@H](CC)N(Cc1ccccc1)C(=O)COc1ccccc1F. The van der Waals surface area contributed by atoms with E-state index in [1.54, 1.807) is 12.1 Å². The summed E-state index contributed by atoms with van der Waals surface area (Å²) in [4.78, 5) is 27.3. The molecule has 0 aliphatic rings. The number of carbonyl (C=O) groups excluding carboxylic acids is 2. The first-order valence-electron chi connectivity index (χ1n) is 9.97. The van der Waals surface area contributed by atoms with Crippen LogP contribution in [-0.4, -0.2) is 35.4 Å². The summed E-state index contributed by atoms with van der Waals surface area (Å²) in [6, 6.07) is 14.8. The molecule has 2 amide bonds. The Morgan fingerprint density at radius 1 is 1.03 bits per heavy atom. The van der Waals surface area contributed by atoms with Gasteiger partial charge in [0.1, 0.15) is 6.04 Å². The van der Waals surface area contributed by atoms with Crippen molar-refractivity contribution in [1.29, 1.82) is 0 Å². The number of benzene rings is 2. The Morgan fingerprint density at radius 2 is 1.69 bits per heavy atom. The van der Waals surface area contributed by atoms with Gasteiger partial charge in [-0.05, 0) is 37.5 Å². The van der Waals surface area contributed by atoms with Crippen molar-refractivity contribution in [3.63, 3.8) is 0 Å². The number of carbonyl (C=O) groups is 2. The Morgan fingerprint density at radius 3 is 2.31 bits per heavy atom. The second kappa shape index (κ2) is 11.2. The topological polar surface area (TPSA) is 58.6 Å². The maximum atomic E-state index is 13.8. The second-order valence-corrected chi connectivity index (χ2v) is 6.97. The van der Waals surface area contributed by atoms with Gasteiger partial charge in [0, 0.05) is 12.6 Å². The van der Waals surface area contributed by atoms with Crippen molar-refractivity contribution < 1.29 is 18.7 Å². The number of rotatable bonds is 10. The molecular formula is C23H29FN2O3. The molecule has 0 spiro atoms. The molecule has 0 fully saturated rings. The van der Waals surface area contributed by atoms with Crippen molar-refractivity contribution in [2.24, 2.45) is 0 Å². The zero-order chi connectivity index (χ0) is 21.2. The molecule has 0 unspecified atom stereocenters. The number of hydrogen-bond acceptors (Lipinski definition) is 3. The molecule has 1 N–H and O–H groups in total. The third-order valence-electron chi connectivity index (χ3n) is 4.77. The lowest BCUT2D eigenvalue weighted by atomic mass is 10.1. The maximum absolute atomic E-state index is 13.8. The first-order chi connectivity index (χ1) is 14.0. The fourth-order valence-electron chi connectivity index (χ4n) is 2.92. The molecule has 0 bridgehead atoms. The average Bonchev–Trinajstić information content (AvgIpc) is 2.73. The summed E-state index contributed by atoms with van der Waals surface area (Å²) in [5.41, 5.74) is 0.904. The molecule has 6 heteroatoms. The predicted molar refractivity (Wildman–Crippen MR) is 111 cm³/mol. The zero-order valence-electron chi connectivity index (χ0n) is 17.2. The van der Waals surface area contributed by atoms with Crippen LogP contribution in [-0.2, 0) is 16.1 Å². The highest BCUT2D eigenvalue weighted by Gasteiger charge is 2.29. The van der Waals surface area contributed by atoms with Crippen LogP contribution in [0.3, 0.4) is 0 Å². The van der Waals surface area contributed by atoms with Gasteiger partial charge in [-0.1, -0.05) is 56.3 Å². The molecule has 2 aromatic carbocycles. The Balaban J connectivity index is 2.19. The molecule has 5 nitrogen and oxygen atoms in total. The number of amides is 2. The Kier molecular flexibility index (Phi) is 8.65. The minimum atomic E-state index is -0.638. The van der Waals surface area contributed by atoms with Crippen molar-refractivity contribution in [2.75, 3.05) is 6.61 Å². The highest BCUT2D eigenvalue weighted by Crippen LogP contribution is 2.17. The third kappa shape index (κ3) is 6.59. The van der Waals surface area contributed by atoms with Gasteiger partial charge < -0.3 is 15.0 Å². The molecule has 0 radical (unpaired) electrons. The lowest BCUT2D eigenvalue weighted by Crippen LogP contribution is -2.51. The van der Waals surface area contributed by atoms with E-state index < -0.39 is 11.9 Å². The normalized spacial score (nSPS) is 12.7. The van der Waals surface area contributed by atoms with Crippen LogP contribution in [0.4, 0.5) is 4.39 Å². The average molecular weight is 400 g/mol. The van der Waals surface area contributed by atoms with Crippen LogP contribution in [0.15, 0.2) is 54.6 Å². The van der Waals surface area contributed by atoms with Crippen molar-refractivity contribution in [3.05, 3.63) is 66.0 Å². The van der Waals surface area contributed by atoms with E-state index in [0.717, 1.165) is 12.0 Å². The van der Waals surface area contributed by atoms with E-state index in [9.17, 15) is 14.0 Å². The highest BCUT2D eigenvalue weighted by atomic mass is 19.1. The molecule has 0 aliphatic heterocycles. The fourth-order valence-corrected chi connectivity index (χ4v) is 2.92. The Hall–Kier alpha value is -2.89. The number of hydrogen-bond donors (Lipinski definition) is 1. The van der Waals surface area contributed by atoms with Crippen LogP contribution < -0.4 is 10.1 Å². The molecule has 2 rings (SSSR count). The summed E-state index contributed by atoms with van der Waals surface area (Å²) in [7, 11) is 0. The van der Waals surface area contributed by atoms with Crippen molar-refractivity contribution in [3.8, 4) is 5.75 Å². The summed E-state index contributed by atoms with van der Waals surface area (Å²) in [5.74, 6) is -1.09. The van der Waals surface area contributed by atoms with Crippen LogP contribution in [0.5, 0.6) is 5.75 Å². The van der Waals surface area contributed by atoms with Gasteiger partial charge in [-0.15, -0.1) is 0 Å². The smallest absolute Gasteiger partial charge is 0.261 e. The van der Waals surface area contributed by atoms with Crippen LogP contribution in [0.25, 0.3) is 0 Å². The van der Waals surface area contributed by atoms with Gasteiger partial charge in [-0.2, -0.15) is 0 Å². The minimum absolute atomic E-state index is 0.0117. The summed E-state index contributed by atoms with van der Waals surface area (Å²) in [6.45, 7) is 5.70. The van der Waals surface area contributed by atoms with E-state index in [0.29, 0.717) is 6.42 Å². The molecular weight excluding hydrogens is 371 g/mol. The quantitative estimate of drug-likeness (QED) is 0.657. The summed E-state index contributed by atoms with van der Waals surface area (Å²) in [6.07, 6.45) is 1.26. The van der Waals surface area contributed by atoms with E-state index in [1.807, 2.05) is 51.1 Å². The largest absolute Gasteiger partial charge is 0.481 e. The van der Waals surface area contributed by atoms with Gasteiger partial charge in [-0.3, -0.25) is 9.59 Å². The zero-order valence-corrected chi connectivity index (χ0v) is 17.2. The first kappa shape index (κ1) is 22.4. The lowest BCUT2D eigenvalue weighted by Gasteiger charge is -2.31. The van der Waals surface area contributed by atoms with E-state index in [-0.39, 0.29) is 36.8 Å². The lowest BCUT2D eigenvalue weighted by molar-refractivity contribution is -0.143.